The molecule has 1 amide bonds. The van der Waals surface area contributed by atoms with Crippen molar-refractivity contribution in [2.45, 2.75) is 43.9 Å². The zero-order valence-corrected chi connectivity index (χ0v) is 14.4. The number of amides is 1. The van der Waals surface area contributed by atoms with E-state index in [0.29, 0.717) is 0 Å². The van der Waals surface area contributed by atoms with Crippen LogP contribution in [0.1, 0.15) is 36.6 Å². The summed E-state index contributed by atoms with van der Waals surface area (Å²) in [6.07, 6.45) is 0. The molecule has 0 fully saturated rings. The summed E-state index contributed by atoms with van der Waals surface area (Å²) in [4.78, 5) is 13.5. The molecule has 2 aromatic carbocycles. The first-order valence-corrected chi connectivity index (χ1v) is 8.44. The molecule has 0 radical (unpaired) electrons. The fraction of sp³-hybridized carbons (Fsp3) is 0.316. The summed E-state index contributed by atoms with van der Waals surface area (Å²) in [6.45, 7) is 8.15. The van der Waals surface area contributed by atoms with Crippen LogP contribution in [0.4, 0.5) is 0 Å². The lowest BCUT2D eigenvalue weighted by molar-refractivity contribution is -0.120. The first-order chi connectivity index (χ1) is 10.5. The average Bonchev–Trinajstić information content (AvgIpc) is 2.50. The topological polar surface area (TPSA) is 29.1 Å². The number of aryl methyl sites for hydroxylation is 2. The molecule has 2 nitrogen and oxygen atoms in total. The van der Waals surface area contributed by atoms with Crippen molar-refractivity contribution in [3.8, 4) is 0 Å². The summed E-state index contributed by atoms with van der Waals surface area (Å²) in [5.74, 6) is 0.0715. The Balaban J connectivity index is 2.00. The summed E-state index contributed by atoms with van der Waals surface area (Å²) in [5, 5.41) is 3.01. The van der Waals surface area contributed by atoms with Gasteiger partial charge in [0.05, 0.1) is 11.3 Å². The molecule has 2 unspecified atom stereocenters. The first-order valence-electron chi connectivity index (χ1n) is 7.56. The van der Waals surface area contributed by atoms with Crippen molar-refractivity contribution < 1.29 is 4.79 Å². The highest BCUT2D eigenvalue weighted by Gasteiger charge is 2.18. The second kappa shape index (κ2) is 7.50. The highest BCUT2D eigenvalue weighted by atomic mass is 32.2. The molecule has 0 saturated heterocycles. The summed E-state index contributed by atoms with van der Waals surface area (Å²) in [7, 11) is 0. The fourth-order valence-electron chi connectivity index (χ4n) is 2.39. The Morgan fingerprint density at radius 1 is 1.05 bits per heavy atom. The minimum Gasteiger partial charge on any atom is -0.349 e. The van der Waals surface area contributed by atoms with E-state index in [1.165, 1.54) is 16.7 Å². The number of hydrogen-bond donors (Lipinski definition) is 1. The molecule has 0 aliphatic heterocycles. The van der Waals surface area contributed by atoms with Gasteiger partial charge in [-0.25, -0.2) is 0 Å². The molecule has 0 bridgehead atoms. The van der Waals surface area contributed by atoms with E-state index >= 15 is 0 Å². The SMILES string of the molecule is Cc1ccc(C)c(C(C)NC(=O)C(C)Sc2ccccc2)c1. The van der Waals surface area contributed by atoms with Crippen molar-refractivity contribution in [1.29, 1.82) is 0 Å². The number of hydrogen-bond acceptors (Lipinski definition) is 2. The maximum absolute atomic E-state index is 12.4. The molecule has 2 atom stereocenters. The zero-order chi connectivity index (χ0) is 16.1. The van der Waals surface area contributed by atoms with E-state index in [1.54, 1.807) is 11.8 Å². The number of benzene rings is 2. The predicted octanol–water partition coefficient (Wildman–Crippen LogP) is 4.66. The smallest absolute Gasteiger partial charge is 0.233 e. The van der Waals surface area contributed by atoms with E-state index < -0.39 is 0 Å². The van der Waals surface area contributed by atoms with E-state index in [2.05, 4.69) is 37.4 Å². The van der Waals surface area contributed by atoms with Crippen LogP contribution >= 0.6 is 11.8 Å². The van der Waals surface area contributed by atoms with Gasteiger partial charge >= 0.3 is 0 Å². The lowest BCUT2D eigenvalue weighted by Gasteiger charge is -2.20. The predicted molar refractivity (Wildman–Crippen MR) is 94.2 cm³/mol. The summed E-state index contributed by atoms with van der Waals surface area (Å²) in [5.41, 5.74) is 3.61. The van der Waals surface area contributed by atoms with Crippen LogP contribution in [-0.4, -0.2) is 11.2 Å². The number of carbonyl (C=O) groups is 1. The minimum atomic E-state index is -0.116. The van der Waals surface area contributed by atoms with Crippen LogP contribution in [-0.2, 0) is 4.79 Å². The molecule has 2 aromatic rings. The number of rotatable bonds is 5. The van der Waals surface area contributed by atoms with Gasteiger partial charge in [-0.2, -0.15) is 0 Å². The Morgan fingerprint density at radius 2 is 1.73 bits per heavy atom. The van der Waals surface area contributed by atoms with E-state index in [4.69, 9.17) is 0 Å². The molecule has 0 aromatic heterocycles. The maximum atomic E-state index is 12.4. The van der Waals surface area contributed by atoms with Crippen LogP contribution in [0.15, 0.2) is 53.4 Å². The molecular formula is C19H23NOS. The van der Waals surface area contributed by atoms with E-state index in [0.717, 1.165) is 4.90 Å². The third-order valence-electron chi connectivity index (χ3n) is 3.69. The van der Waals surface area contributed by atoms with Gasteiger partial charge < -0.3 is 5.32 Å². The number of thioether (sulfide) groups is 1. The van der Waals surface area contributed by atoms with Gasteiger partial charge in [-0.3, -0.25) is 4.79 Å². The van der Waals surface area contributed by atoms with Gasteiger partial charge in [-0.1, -0.05) is 42.0 Å². The van der Waals surface area contributed by atoms with Crippen LogP contribution in [0.5, 0.6) is 0 Å². The second-order valence-corrected chi connectivity index (χ2v) is 7.08. The van der Waals surface area contributed by atoms with Crippen molar-refractivity contribution >= 4 is 17.7 Å². The Hall–Kier alpha value is -1.74. The Labute approximate surface area is 137 Å². The van der Waals surface area contributed by atoms with Gasteiger partial charge in [0, 0.05) is 4.90 Å². The summed E-state index contributed by atoms with van der Waals surface area (Å²) >= 11 is 1.58. The zero-order valence-electron chi connectivity index (χ0n) is 13.6. The monoisotopic (exact) mass is 313 g/mol. The lowest BCUT2D eigenvalue weighted by Crippen LogP contribution is -2.33. The van der Waals surface area contributed by atoms with E-state index in [-0.39, 0.29) is 17.2 Å². The molecule has 116 valence electrons. The summed E-state index contributed by atoms with van der Waals surface area (Å²) in [6, 6.07) is 16.4. The van der Waals surface area contributed by atoms with E-state index in [9.17, 15) is 4.79 Å². The number of carbonyl (C=O) groups excluding carboxylic acids is 1. The molecule has 3 heteroatoms. The minimum absolute atomic E-state index is 0.0197. The third kappa shape index (κ3) is 4.38. The molecule has 0 heterocycles. The quantitative estimate of drug-likeness (QED) is 0.813. The van der Waals surface area contributed by atoms with Gasteiger partial charge in [0.15, 0.2) is 0 Å². The van der Waals surface area contributed by atoms with Crippen molar-refractivity contribution in [2.75, 3.05) is 0 Å². The van der Waals surface area contributed by atoms with Gasteiger partial charge in [0.25, 0.3) is 0 Å². The standard InChI is InChI=1S/C19H23NOS/c1-13-10-11-14(2)18(12-13)15(3)20-19(21)16(4)22-17-8-6-5-7-9-17/h5-12,15-16H,1-4H3,(H,20,21). The third-order valence-corrected chi connectivity index (χ3v) is 4.80. The average molecular weight is 313 g/mol. The molecule has 22 heavy (non-hydrogen) atoms. The van der Waals surface area contributed by atoms with Gasteiger partial charge in [0.2, 0.25) is 5.91 Å². The largest absolute Gasteiger partial charge is 0.349 e. The van der Waals surface area contributed by atoms with Crippen molar-refractivity contribution in [3.63, 3.8) is 0 Å². The van der Waals surface area contributed by atoms with Crippen LogP contribution in [0.3, 0.4) is 0 Å². The van der Waals surface area contributed by atoms with E-state index in [1.807, 2.05) is 44.2 Å². The van der Waals surface area contributed by atoms with Crippen molar-refractivity contribution in [2.24, 2.45) is 0 Å². The van der Waals surface area contributed by atoms with Gasteiger partial charge in [-0.05, 0) is 51.0 Å². The van der Waals surface area contributed by atoms with Crippen LogP contribution in [0.2, 0.25) is 0 Å². The normalized spacial score (nSPS) is 13.5. The maximum Gasteiger partial charge on any atom is 0.233 e. The summed E-state index contributed by atoms with van der Waals surface area (Å²) < 4.78 is 0. The molecule has 1 N–H and O–H groups in total. The van der Waals surface area contributed by atoms with Crippen LogP contribution in [0, 0.1) is 13.8 Å². The number of nitrogens with one attached hydrogen (secondary N) is 1. The lowest BCUT2D eigenvalue weighted by atomic mass is 10.00. The molecule has 2 rings (SSSR count). The Kier molecular flexibility index (Phi) is 5.67. The molecule has 0 aliphatic carbocycles. The first kappa shape index (κ1) is 16.6. The highest BCUT2D eigenvalue weighted by molar-refractivity contribution is 8.00. The van der Waals surface area contributed by atoms with Crippen LogP contribution in [0.25, 0.3) is 0 Å². The second-order valence-electron chi connectivity index (χ2n) is 5.66. The van der Waals surface area contributed by atoms with Crippen molar-refractivity contribution in [1.82, 2.24) is 5.32 Å². The van der Waals surface area contributed by atoms with Gasteiger partial charge in [-0.15, -0.1) is 11.8 Å². The molecule has 0 aliphatic rings. The van der Waals surface area contributed by atoms with Gasteiger partial charge in [0.1, 0.15) is 0 Å². The molecular weight excluding hydrogens is 290 g/mol. The van der Waals surface area contributed by atoms with Crippen molar-refractivity contribution in [3.05, 3.63) is 65.2 Å². The van der Waals surface area contributed by atoms with Crippen LogP contribution < -0.4 is 5.32 Å². The highest BCUT2D eigenvalue weighted by Crippen LogP contribution is 2.24. The fourth-order valence-corrected chi connectivity index (χ4v) is 3.29. The Bertz CT molecular complexity index is 639. The molecule has 0 saturated carbocycles. The molecule has 0 spiro atoms. The Morgan fingerprint density at radius 3 is 2.41 bits per heavy atom.